The van der Waals surface area contributed by atoms with Crippen LogP contribution in [0.5, 0.6) is 11.5 Å². The number of anilines is 2. The predicted molar refractivity (Wildman–Crippen MR) is 69.2 cm³/mol. The molecule has 4 N–H and O–H groups in total. The molecule has 3 aromatic carbocycles. The number of hydrogen-bond donors (Lipinski definition) is 2. The minimum Gasteiger partial charge on any atom is -0.872 e. The molecule has 0 unspecified atom stereocenters. The van der Waals surface area contributed by atoms with Gasteiger partial charge in [0.05, 0.1) is 0 Å². The van der Waals surface area contributed by atoms with Gasteiger partial charge in [0.25, 0.3) is 0 Å². The van der Waals surface area contributed by atoms with Gasteiger partial charge in [0.1, 0.15) is 0 Å². The zero-order valence-corrected chi connectivity index (χ0v) is 15.4. The number of nitrogen functional groups attached to an aromatic ring is 2. The Kier molecular flexibility index (Phi) is 5.61. The number of benzene rings is 3. The van der Waals surface area contributed by atoms with E-state index in [0.717, 1.165) is 0 Å². The fourth-order valence-corrected chi connectivity index (χ4v) is 2.24. The molecule has 0 saturated carbocycles. The van der Waals surface area contributed by atoms with Crippen molar-refractivity contribution in [2.75, 3.05) is 11.5 Å². The second kappa shape index (κ2) is 6.43. The quantitative estimate of drug-likeness (QED) is 0.246. The van der Waals surface area contributed by atoms with Crippen molar-refractivity contribution in [3.05, 3.63) is 36.4 Å². The van der Waals surface area contributed by atoms with E-state index >= 15 is 0 Å². The molecule has 20 heavy (non-hydrogen) atoms. The van der Waals surface area contributed by atoms with E-state index in [4.69, 9.17) is 11.5 Å². The molecule has 0 amide bonds. The van der Waals surface area contributed by atoms with Crippen molar-refractivity contribution < 1.29 is 69.3 Å². The molecule has 0 aliphatic carbocycles. The van der Waals surface area contributed by atoms with Gasteiger partial charge in [-0.1, -0.05) is 29.7 Å². The van der Waals surface area contributed by atoms with Gasteiger partial charge in [0, 0.05) is 11.4 Å². The third kappa shape index (κ3) is 2.60. The van der Waals surface area contributed by atoms with Crippen LogP contribution in [0, 0.1) is 0 Å². The maximum Gasteiger partial charge on any atom is 1.00 e. The number of nitrogens with two attached hydrogens (primary N) is 2. The molecule has 4 nitrogen and oxygen atoms in total. The normalized spacial score (nSPS) is 10.0. The van der Waals surface area contributed by atoms with E-state index in [-0.39, 0.29) is 70.6 Å². The van der Waals surface area contributed by atoms with E-state index in [2.05, 4.69) is 0 Å². The van der Waals surface area contributed by atoms with Gasteiger partial charge in [-0.05, 0) is 39.7 Å². The van der Waals surface area contributed by atoms with Crippen LogP contribution in [0.15, 0.2) is 36.4 Å². The Morgan fingerprint density at radius 2 is 1.45 bits per heavy atom. The first kappa shape index (κ1) is 17.4. The summed E-state index contributed by atoms with van der Waals surface area (Å²) < 4.78 is 0. The Labute approximate surface area is 160 Å². The van der Waals surface area contributed by atoms with Gasteiger partial charge in [-0.3, -0.25) is 0 Å². The summed E-state index contributed by atoms with van der Waals surface area (Å²) in [5, 5.41) is 26.0. The average Bonchev–Trinajstić information content (AvgIpc) is 2.35. The predicted octanol–water partition coefficient (Wildman–Crippen LogP) is -4.69. The molecule has 0 fully saturated rings. The van der Waals surface area contributed by atoms with Crippen LogP contribution in [0.4, 0.5) is 11.4 Å². The van der Waals surface area contributed by atoms with E-state index in [1.54, 1.807) is 30.3 Å². The van der Waals surface area contributed by atoms with Crippen LogP contribution >= 0.6 is 0 Å². The Hall–Kier alpha value is -0.620. The number of fused-ring (bicyclic) bond motifs is 2. The topological polar surface area (TPSA) is 98.2 Å². The molecule has 0 radical (unpaired) electrons. The molecule has 3 aromatic rings. The smallest absolute Gasteiger partial charge is 0.872 e. The van der Waals surface area contributed by atoms with Gasteiger partial charge < -0.3 is 21.7 Å². The maximum absolute atomic E-state index is 12.3. The van der Waals surface area contributed by atoms with Crippen molar-refractivity contribution in [1.29, 1.82) is 0 Å². The van der Waals surface area contributed by atoms with E-state index < -0.39 is 0 Å². The molecule has 0 aliphatic rings. The van der Waals surface area contributed by atoms with Gasteiger partial charge in [0.15, 0.2) is 0 Å². The zero-order chi connectivity index (χ0) is 12.9. The summed E-state index contributed by atoms with van der Waals surface area (Å²) in [6, 6.07) is 9.59. The van der Waals surface area contributed by atoms with Crippen LogP contribution in [-0.4, -0.2) is 0 Å². The Bertz CT molecular complexity index is 787. The molecule has 0 heterocycles. The Morgan fingerprint density at radius 1 is 0.750 bits per heavy atom. The fraction of sp³-hybridized carbons (Fsp3) is 0. The van der Waals surface area contributed by atoms with E-state index in [1.807, 2.05) is 0 Å². The van der Waals surface area contributed by atoms with Crippen LogP contribution in [0.2, 0.25) is 0 Å². The van der Waals surface area contributed by atoms with E-state index in [1.165, 1.54) is 6.07 Å². The van der Waals surface area contributed by atoms with Gasteiger partial charge in [-0.25, -0.2) is 0 Å². The van der Waals surface area contributed by atoms with E-state index in [9.17, 15) is 10.2 Å². The maximum atomic E-state index is 12.3. The molecule has 0 bridgehead atoms. The van der Waals surface area contributed by atoms with Crippen LogP contribution in [0.25, 0.3) is 21.5 Å². The van der Waals surface area contributed by atoms with Crippen molar-refractivity contribution in [2.45, 2.75) is 0 Å². The third-order valence-electron chi connectivity index (χ3n) is 3.10. The second-order valence-corrected chi connectivity index (χ2v) is 4.23. The summed E-state index contributed by atoms with van der Waals surface area (Å²) in [6.45, 7) is 0. The van der Waals surface area contributed by atoms with Crippen molar-refractivity contribution in [3.63, 3.8) is 0 Å². The number of hydrogen-bond acceptors (Lipinski definition) is 4. The summed E-state index contributed by atoms with van der Waals surface area (Å²) in [5.74, 6) is -0.433. The standard InChI is InChI=1S/C14H12N2O2.2Na/c15-7-4-5-8-10(6-7)13(17)9-2-1-3-11(16)12(9)14(8)18;;/h1-6,17-18H,15-16H2;;/q;2*+1/p-2. The minimum atomic E-state index is -0.224. The third-order valence-corrected chi connectivity index (χ3v) is 3.10. The van der Waals surface area contributed by atoms with Crippen molar-refractivity contribution in [3.8, 4) is 11.5 Å². The van der Waals surface area contributed by atoms with Crippen molar-refractivity contribution >= 4 is 32.9 Å². The SMILES string of the molecule is Nc1ccc2c([O-])c3c(N)cccc3c([O-])c2c1.[Na+].[Na+]. The van der Waals surface area contributed by atoms with Gasteiger partial charge in [-0.15, -0.1) is 0 Å². The molecule has 0 aromatic heterocycles. The molecule has 0 aliphatic heterocycles. The summed E-state index contributed by atoms with van der Waals surface area (Å²) >= 11 is 0. The summed E-state index contributed by atoms with van der Waals surface area (Å²) in [4.78, 5) is 0. The van der Waals surface area contributed by atoms with E-state index in [0.29, 0.717) is 32.9 Å². The van der Waals surface area contributed by atoms with Crippen molar-refractivity contribution in [1.82, 2.24) is 0 Å². The monoisotopic (exact) mass is 284 g/mol. The van der Waals surface area contributed by atoms with Gasteiger partial charge in [-0.2, -0.15) is 0 Å². The first-order valence-electron chi connectivity index (χ1n) is 5.47. The fourth-order valence-electron chi connectivity index (χ4n) is 2.24. The molecular formula is C14H10N2Na2O2. The summed E-state index contributed by atoms with van der Waals surface area (Å²) in [7, 11) is 0. The Morgan fingerprint density at radius 3 is 2.15 bits per heavy atom. The van der Waals surface area contributed by atoms with Crippen LogP contribution in [0.1, 0.15) is 0 Å². The van der Waals surface area contributed by atoms with Crippen LogP contribution < -0.4 is 80.8 Å². The average molecular weight is 284 g/mol. The molecule has 90 valence electrons. The minimum absolute atomic E-state index is 0. The molecule has 0 atom stereocenters. The number of rotatable bonds is 0. The zero-order valence-electron chi connectivity index (χ0n) is 11.4. The second-order valence-electron chi connectivity index (χ2n) is 4.23. The Balaban J connectivity index is 0.000001000. The van der Waals surface area contributed by atoms with Crippen LogP contribution in [-0.2, 0) is 0 Å². The molecule has 6 heteroatoms. The van der Waals surface area contributed by atoms with Gasteiger partial charge >= 0.3 is 59.1 Å². The molecule has 3 rings (SSSR count). The molecule has 0 spiro atoms. The van der Waals surface area contributed by atoms with Gasteiger partial charge in [0.2, 0.25) is 0 Å². The first-order chi connectivity index (χ1) is 8.59. The van der Waals surface area contributed by atoms with Crippen LogP contribution in [0.3, 0.4) is 0 Å². The summed E-state index contributed by atoms with van der Waals surface area (Å²) in [5.41, 5.74) is 12.2. The molecule has 0 saturated heterocycles. The van der Waals surface area contributed by atoms with Crippen molar-refractivity contribution in [2.24, 2.45) is 0 Å². The molecular weight excluding hydrogens is 274 g/mol. The summed E-state index contributed by atoms with van der Waals surface area (Å²) in [6.07, 6.45) is 0. The first-order valence-corrected chi connectivity index (χ1v) is 5.47. The largest absolute Gasteiger partial charge is 1.00 e.